The quantitative estimate of drug-likeness (QED) is 0.757. The van der Waals surface area contributed by atoms with Crippen LogP contribution in [0.1, 0.15) is 46.0 Å². The summed E-state index contributed by atoms with van der Waals surface area (Å²) in [5.41, 5.74) is 0. The second-order valence-corrected chi connectivity index (χ2v) is 6.15. The highest BCUT2D eigenvalue weighted by Gasteiger charge is 2.29. The molecule has 1 saturated carbocycles. The first-order valence-electron chi connectivity index (χ1n) is 7.29. The lowest BCUT2D eigenvalue weighted by Gasteiger charge is -2.37. The van der Waals surface area contributed by atoms with E-state index in [9.17, 15) is 9.90 Å². The van der Waals surface area contributed by atoms with Crippen LogP contribution in [0.5, 0.6) is 0 Å². The van der Waals surface area contributed by atoms with Crippen molar-refractivity contribution in [3.05, 3.63) is 0 Å². The third-order valence-corrected chi connectivity index (χ3v) is 4.26. The normalized spacial score (nSPS) is 31.2. The zero-order chi connectivity index (χ0) is 13.1. The SMILES string of the molecule is CC1CCC(C)N(CCC(NC2CC2)C(=O)O)C1. The van der Waals surface area contributed by atoms with Crippen molar-refractivity contribution in [2.75, 3.05) is 13.1 Å². The fraction of sp³-hybridized carbons (Fsp3) is 0.929. The average Bonchev–Trinajstić information content (AvgIpc) is 3.12. The molecule has 1 aliphatic heterocycles. The fourth-order valence-electron chi connectivity index (χ4n) is 2.80. The van der Waals surface area contributed by atoms with Crippen molar-refractivity contribution in [2.45, 2.75) is 64.1 Å². The summed E-state index contributed by atoms with van der Waals surface area (Å²) in [6, 6.07) is 0.710. The lowest BCUT2D eigenvalue weighted by atomic mass is 9.94. The summed E-state index contributed by atoms with van der Waals surface area (Å²) < 4.78 is 0. The van der Waals surface area contributed by atoms with Crippen LogP contribution in [0.25, 0.3) is 0 Å². The molecule has 2 rings (SSSR count). The third kappa shape index (κ3) is 3.95. The van der Waals surface area contributed by atoms with E-state index >= 15 is 0 Å². The Hall–Kier alpha value is -0.610. The molecule has 0 amide bonds. The molecule has 2 aliphatic rings. The summed E-state index contributed by atoms with van der Waals surface area (Å²) in [5.74, 6) is 0.0560. The second kappa shape index (κ2) is 6.02. The Morgan fingerprint density at radius 3 is 2.67 bits per heavy atom. The average molecular weight is 254 g/mol. The van der Waals surface area contributed by atoms with Gasteiger partial charge in [-0.2, -0.15) is 0 Å². The van der Waals surface area contributed by atoms with E-state index in [1.807, 2.05) is 0 Å². The predicted molar refractivity (Wildman–Crippen MR) is 71.6 cm³/mol. The van der Waals surface area contributed by atoms with Gasteiger partial charge in [0.2, 0.25) is 0 Å². The Morgan fingerprint density at radius 1 is 1.33 bits per heavy atom. The molecule has 0 spiro atoms. The van der Waals surface area contributed by atoms with Crippen molar-refractivity contribution in [1.29, 1.82) is 0 Å². The van der Waals surface area contributed by atoms with Crippen LogP contribution in [0.3, 0.4) is 0 Å². The molecule has 4 heteroatoms. The van der Waals surface area contributed by atoms with Crippen LogP contribution < -0.4 is 5.32 Å². The molecule has 2 N–H and O–H groups in total. The van der Waals surface area contributed by atoms with E-state index in [4.69, 9.17) is 0 Å². The summed E-state index contributed by atoms with van der Waals surface area (Å²) in [4.78, 5) is 13.7. The first-order valence-corrected chi connectivity index (χ1v) is 7.29. The van der Waals surface area contributed by atoms with Crippen LogP contribution >= 0.6 is 0 Å². The molecule has 3 unspecified atom stereocenters. The number of hydrogen-bond donors (Lipinski definition) is 2. The number of likely N-dealkylation sites (tertiary alicyclic amines) is 1. The van der Waals surface area contributed by atoms with Crippen molar-refractivity contribution in [3.63, 3.8) is 0 Å². The van der Waals surface area contributed by atoms with Crippen LogP contribution in [-0.4, -0.2) is 47.2 Å². The Balaban J connectivity index is 1.78. The van der Waals surface area contributed by atoms with Crippen LogP contribution in [-0.2, 0) is 4.79 Å². The number of hydrogen-bond acceptors (Lipinski definition) is 3. The second-order valence-electron chi connectivity index (χ2n) is 6.15. The largest absolute Gasteiger partial charge is 0.480 e. The van der Waals surface area contributed by atoms with Crippen molar-refractivity contribution >= 4 is 5.97 Å². The monoisotopic (exact) mass is 254 g/mol. The van der Waals surface area contributed by atoms with Gasteiger partial charge in [0.25, 0.3) is 0 Å². The number of carbonyl (C=O) groups is 1. The molecular weight excluding hydrogens is 228 g/mol. The number of rotatable bonds is 6. The highest BCUT2D eigenvalue weighted by Crippen LogP contribution is 2.23. The zero-order valence-corrected chi connectivity index (χ0v) is 11.6. The minimum absolute atomic E-state index is 0.359. The highest BCUT2D eigenvalue weighted by atomic mass is 16.4. The van der Waals surface area contributed by atoms with Crippen LogP contribution in [0.15, 0.2) is 0 Å². The fourth-order valence-corrected chi connectivity index (χ4v) is 2.80. The van der Waals surface area contributed by atoms with Crippen LogP contribution in [0, 0.1) is 5.92 Å². The van der Waals surface area contributed by atoms with Crippen molar-refractivity contribution in [1.82, 2.24) is 10.2 Å². The maximum Gasteiger partial charge on any atom is 0.320 e. The molecular formula is C14H26N2O2. The number of carboxylic acid groups (broad SMARTS) is 1. The molecule has 2 fully saturated rings. The van der Waals surface area contributed by atoms with E-state index in [0.717, 1.165) is 38.3 Å². The summed E-state index contributed by atoms with van der Waals surface area (Å²) in [6.07, 6.45) is 5.56. The lowest BCUT2D eigenvalue weighted by Crippen LogP contribution is -2.45. The molecule has 1 saturated heterocycles. The molecule has 104 valence electrons. The molecule has 0 aromatic rings. The van der Waals surface area contributed by atoms with Gasteiger partial charge in [0.05, 0.1) is 0 Å². The molecule has 18 heavy (non-hydrogen) atoms. The molecule has 0 aromatic heterocycles. The van der Waals surface area contributed by atoms with Crippen molar-refractivity contribution in [2.24, 2.45) is 5.92 Å². The van der Waals surface area contributed by atoms with E-state index in [2.05, 4.69) is 24.1 Å². The van der Waals surface area contributed by atoms with Gasteiger partial charge in [-0.1, -0.05) is 6.92 Å². The van der Waals surface area contributed by atoms with Crippen LogP contribution in [0.2, 0.25) is 0 Å². The molecule has 0 aromatic carbocycles. The maximum absolute atomic E-state index is 11.2. The molecule has 0 radical (unpaired) electrons. The standard InChI is InChI=1S/C14H26N2O2/c1-10-3-4-11(2)16(9-10)8-7-13(14(17)18)15-12-5-6-12/h10-13,15H,3-9H2,1-2H3,(H,17,18). The van der Waals surface area contributed by atoms with Gasteiger partial charge < -0.3 is 15.3 Å². The van der Waals surface area contributed by atoms with Crippen molar-refractivity contribution < 1.29 is 9.90 Å². The van der Waals surface area contributed by atoms with E-state index in [1.165, 1.54) is 12.8 Å². The highest BCUT2D eigenvalue weighted by molar-refractivity contribution is 5.73. The Morgan fingerprint density at radius 2 is 2.06 bits per heavy atom. The molecule has 3 atom stereocenters. The van der Waals surface area contributed by atoms with Gasteiger partial charge in [0.1, 0.15) is 6.04 Å². The predicted octanol–water partition coefficient (Wildman–Crippen LogP) is 1.70. The number of carboxylic acids is 1. The number of nitrogens with zero attached hydrogens (tertiary/aromatic N) is 1. The first kappa shape index (κ1) is 13.8. The number of nitrogens with one attached hydrogen (secondary N) is 1. The van der Waals surface area contributed by atoms with Gasteiger partial charge in [-0.15, -0.1) is 0 Å². The summed E-state index contributed by atoms with van der Waals surface area (Å²) in [5, 5.41) is 12.4. The molecule has 1 aliphatic carbocycles. The third-order valence-electron chi connectivity index (χ3n) is 4.26. The Bertz CT molecular complexity index is 292. The summed E-state index contributed by atoms with van der Waals surface area (Å²) in [6.45, 7) is 6.57. The Labute approximate surface area is 110 Å². The van der Waals surface area contributed by atoms with Crippen LogP contribution in [0.4, 0.5) is 0 Å². The summed E-state index contributed by atoms with van der Waals surface area (Å²) in [7, 11) is 0. The van der Waals surface area contributed by atoms with Gasteiger partial charge in [0.15, 0.2) is 0 Å². The van der Waals surface area contributed by atoms with Crippen molar-refractivity contribution in [3.8, 4) is 0 Å². The zero-order valence-electron chi connectivity index (χ0n) is 11.6. The first-order chi connectivity index (χ1) is 8.56. The number of piperidine rings is 1. The molecule has 0 bridgehead atoms. The van der Waals surface area contributed by atoms with Gasteiger partial charge in [0, 0.05) is 25.2 Å². The van der Waals surface area contributed by atoms with Gasteiger partial charge >= 0.3 is 5.97 Å². The summed E-state index contributed by atoms with van der Waals surface area (Å²) >= 11 is 0. The number of aliphatic carboxylic acids is 1. The van der Waals surface area contributed by atoms with E-state index in [1.54, 1.807) is 0 Å². The maximum atomic E-state index is 11.2. The van der Waals surface area contributed by atoms with Gasteiger partial charge in [-0.3, -0.25) is 4.79 Å². The van der Waals surface area contributed by atoms with E-state index in [0.29, 0.717) is 12.1 Å². The minimum Gasteiger partial charge on any atom is -0.480 e. The Kier molecular flexibility index (Phi) is 4.62. The molecule has 4 nitrogen and oxygen atoms in total. The van der Waals surface area contributed by atoms with Gasteiger partial charge in [-0.05, 0) is 44.9 Å². The van der Waals surface area contributed by atoms with Gasteiger partial charge in [-0.25, -0.2) is 0 Å². The van der Waals surface area contributed by atoms with E-state index < -0.39 is 5.97 Å². The topological polar surface area (TPSA) is 52.6 Å². The molecule has 1 heterocycles. The smallest absolute Gasteiger partial charge is 0.320 e. The minimum atomic E-state index is -0.695. The lowest BCUT2D eigenvalue weighted by molar-refractivity contribution is -0.139. The van der Waals surface area contributed by atoms with E-state index in [-0.39, 0.29) is 6.04 Å².